The first-order valence-corrected chi connectivity index (χ1v) is 8.82. The summed E-state index contributed by atoms with van der Waals surface area (Å²) in [4.78, 5) is 12.4. The number of aromatic nitrogens is 2. The zero-order valence-electron chi connectivity index (χ0n) is 15.0. The number of halogens is 2. The summed E-state index contributed by atoms with van der Waals surface area (Å²) in [6.45, 7) is 7.94. The second-order valence-corrected chi connectivity index (χ2v) is 8.63. The van der Waals surface area contributed by atoms with E-state index in [-0.39, 0.29) is 36.1 Å². The molecule has 2 saturated carbocycles. The van der Waals surface area contributed by atoms with E-state index >= 15 is 0 Å². The highest BCUT2D eigenvalue weighted by molar-refractivity contribution is 5.91. The summed E-state index contributed by atoms with van der Waals surface area (Å²) >= 11 is 0. The Hall–Kier alpha value is -1.46. The van der Waals surface area contributed by atoms with E-state index in [1.54, 1.807) is 0 Å². The van der Waals surface area contributed by atoms with Crippen LogP contribution in [-0.4, -0.2) is 21.6 Å². The lowest BCUT2D eigenvalue weighted by Gasteiger charge is -2.34. The average molecular weight is 339 g/mol. The summed E-state index contributed by atoms with van der Waals surface area (Å²) in [5.74, 6) is -2.09. The first-order valence-electron chi connectivity index (χ1n) is 8.82. The highest BCUT2D eigenvalue weighted by Gasteiger charge is 2.48. The summed E-state index contributed by atoms with van der Waals surface area (Å²) < 4.78 is 28.4. The highest BCUT2D eigenvalue weighted by Crippen LogP contribution is 2.50. The zero-order valence-corrected chi connectivity index (χ0v) is 15.0. The Morgan fingerprint density at radius 1 is 1.33 bits per heavy atom. The molecule has 0 aliphatic heterocycles. The Morgan fingerprint density at radius 3 is 2.42 bits per heavy atom. The van der Waals surface area contributed by atoms with Crippen LogP contribution in [0, 0.1) is 12.3 Å². The molecule has 1 amide bonds. The molecule has 0 bridgehead atoms. The van der Waals surface area contributed by atoms with Crippen LogP contribution in [-0.2, 0) is 4.79 Å². The summed E-state index contributed by atoms with van der Waals surface area (Å²) in [6, 6.07) is 0.281. The summed E-state index contributed by atoms with van der Waals surface area (Å²) in [7, 11) is 0. The molecule has 2 fully saturated rings. The summed E-state index contributed by atoms with van der Waals surface area (Å²) in [5, 5.41) is 7.64. The molecule has 0 aromatic carbocycles. The second-order valence-electron chi connectivity index (χ2n) is 8.63. The number of hydrogen-bond acceptors (Lipinski definition) is 2. The fraction of sp³-hybridized carbons (Fsp3) is 0.778. The Morgan fingerprint density at radius 2 is 1.96 bits per heavy atom. The van der Waals surface area contributed by atoms with Crippen LogP contribution in [0.1, 0.15) is 82.5 Å². The fourth-order valence-electron chi connectivity index (χ4n) is 3.48. The molecule has 3 rings (SSSR count). The third kappa shape index (κ3) is 3.47. The number of nitrogens with zero attached hydrogens (tertiary/aromatic N) is 2. The first-order chi connectivity index (χ1) is 11.1. The van der Waals surface area contributed by atoms with E-state index in [0.29, 0.717) is 12.2 Å². The number of rotatable bonds is 4. The third-order valence-corrected chi connectivity index (χ3v) is 5.03. The average Bonchev–Trinajstić information content (AvgIpc) is 2.60. The van der Waals surface area contributed by atoms with Crippen molar-refractivity contribution >= 4 is 11.7 Å². The maximum Gasteiger partial charge on any atom is 0.249 e. The van der Waals surface area contributed by atoms with Crippen molar-refractivity contribution in [3.63, 3.8) is 0 Å². The first kappa shape index (κ1) is 17.4. The van der Waals surface area contributed by atoms with E-state index in [4.69, 9.17) is 0 Å². The maximum atomic E-state index is 13.2. The van der Waals surface area contributed by atoms with Gasteiger partial charge in [-0.2, -0.15) is 5.10 Å². The molecule has 1 N–H and O–H groups in total. The van der Waals surface area contributed by atoms with Crippen LogP contribution < -0.4 is 5.32 Å². The van der Waals surface area contributed by atoms with E-state index in [0.717, 1.165) is 30.5 Å². The minimum atomic E-state index is -2.56. The van der Waals surface area contributed by atoms with Crippen molar-refractivity contribution in [2.45, 2.75) is 84.1 Å². The number of carbonyl (C=O) groups excluding carboxylic acids is 1. The van der Waals surface area contributed by atoms with Crippen molar-refractivity contribution in [1.29, 1.82) is 0 Å². The molecule has 0 spiro atoms. The molecule has 0 saturated heterocycles. The van der Waals surface area contributed by atoms with Gasteiger partial charge in [0, 0.05) is 30.7 Å². The van der Waals surface area contributed by atoms with Gasteiger partial charge >= 0.3 is 0 Å². The lowest BCUT2D eigenvalue weighted by molar-refractivity contribution is -0.117. The van der Waals surface area contributed by atoms with E-state index in [1.165, 1.54) is 0 Å². The number of nitrogens with one attached hydrogen (secondary N) is 1. The van der Waals surface area contributed by atoms with Gasteiger partial charge in [0.2, 0.25) is 11.8 Å². The Bertz CT molecular complexity index is 633. The Balaban J connectivity index is 1.83. The van der Waals surface area contributed by atoms with Gasteiger partial charge in [-0.1, -0.05) is 20.8 Å². The van der Waals surface area contributed by atoms with Crippen molar-refractivity contribution in [3.8, 4) is 0 Å². The van der Waals surface area contributed by atoms with Crippen LogP contribution in [0.2, 0.25) is 0 Å². The quantitative estimate of drug-likeness (QED) is 0.856. The normalized spacial score (nSPS) is 21.2. The monoisotopic (exact) mass is 339 g/mol. The van der Waals surface area contributed by atoms with Gasteiger partial charge in [-0.3, -0.25) is 4.79 Å². The molecule has 0 unspecified atom stereocenters. The molecule has 1 aromatic rings. The molecule has 6 heteroatoms. The zero-order chi connectivity index (χ0) is 17.7. The topological polar surface area (TPSA) is 46.9 Å². The predicted octanol–water partition coefficient (Wildman–Crippen LogP) is 4.80. The summed E-state index contributed by atoms with van der Waals surface area (Å²) in [6.07, 6.45) is 3.36. The SMILES string of the molecule is Cc1c(C2CC(F)(F)C2)nn(C2CCC2)c1NC(=O)CC(C)(C)C. The van der Waals surface area contributed by atoms with Crippen molar-refractivity contribution in [2.75, 3.05) is 5.32 Å². The van der Waals surface area contributed by atoms with Crippen LogP contribution in [0.3, 0.4) is 0 Å². The lowest BCUT2D eigenvalue weighted by atomic mass is 9.78. The van der Waals surface area contributed by atoms with E-state index in [2.05, 4.69) is 10.4 Å². The van der Waals surface area contributed by atoms with Crippen molar-refractivity contribution in [1.82, 2.24) is 9.78 Å². The molecular weight excluding hydrogens is 312 g/mol. The number of alkyl halides is 2. The van der Waals surface area contributed by atoms with Crippen LogP contribution in [0.15, 0.2) is 0 Å². The maximum absolute atomic E-state index is 13.2. The van der Waals surface area contributed by atoms with Crippen molar-refractivity contribution in [3.05, 3.63) is 11.3 Å². The van der Waals surface area contributed by atoms with Gasteiger partial charge < -0.3 is 5.32 Å². The Labute approximate surface area is 142 Å². The molecule has 2 aliphatic rings. The number of anilines is 1. The fourth-order valence-corrected chi connectivity index (χ4v) is 3.48. The van der Waals surface area contributed by atoms with Crippen LogP contribution in [0.25, 0.3) is 0 Å². The third-order valence-electron chi connectivity index (χ3n) is 5.03. The standard InChI is InChI=1S/C18H27F2N3O/c1-11-15(12-8-18(19,20)9-12)22-23(13-6-5-7-13)16(11)21-14(24)10-17(2,3)4/h12-13H,5-10H2,1-4H3,(H,21,24). The molecule has 0 atom stereocenters. The number of carbonyl (C=O) groups is 1. The van der Waals surface area contributed by atoms with Gasteiger partial charge in [0.25, 0.3) is 0 Å². The minimum Gasteiger partial charge on any atom is -0.311 e. The van der Waals surface area contributed by atoms with Gasteiger partial charge in [0.05, 0.1) is 11.7 Å². The molecule has 1 heterocycles. The van der Waals surface area contributed by atoms with Gasteiger partial charge in [-0.25, -0.2) is 13.5 Å². The molecular formula is C18H27F2N3O. The largest absolute Gasteiger partial charge is 0.311 e. The van der Waals surface area contributed by atoms with Gasteiger partial charge in [0.1, 0.15) is 5.82 Å². The second kappa shape index (κ2) is 5.81. The van der Waals surface area contributed by atoms with Gasteiger partial charge in [-0.15, -0.1) is 0 Å². The molecule has 2 aliphatic carbocycles. The van der Waals surface area contributed by atoms with Crippen LogP contribution >= 0.6 is 0 Å². The predicted molar refractivity (Wildman–Crippen MR) is 89.5 cm³/mol. The lowest BCUT2D eigenvalue weighted by Crippen LogP contribution is -2.34. The molecule has 4 nitrogen and oxygen atoms in total. The molecule has 1 aromatic heterocycles. The minimum absolute atomic E-state index is 0.0448. The van der Waals surface area contributed by atoms with Crippen LogP contribution in [0.4, 0.5) is 14.6 Å². The van der Waals surface area contributed by atoms with E-state index in [1.807, 2.05) is 32.4 Å². The Kier molecular flexibility index (Phi) is 4.21. The number of amides is 1. The van der Waals surface area contributed by atoms with Gasteiger partial charge in [-0.05, 0) is 31.6 Å². The highest BCUT2D eigenvalue weighted by atomic mass is 19.3. The van der Waals surface area contributed by atoms with Gasteiger partial charge in [0.15, 0.2) is 0 Å². The van der Waals surface area contributed by atoms with E-state index in [9.17, 15) is 13.6 Å². The summed E-state index contributed by atoms with van der Waals surface area (Å²) in [5.41, 5.74) is 1.49. The van der Waals surface area contributed by atoms with E-state index < -0.39 is 5.92 Å². The van der Waals surface area contributed by atoms with Crippen molar-refractivity contribution in [2.24, 2.45) is 5.41 Å². The van der Waals surface area contributed by atoms with Crippen LogP contribution in [0.5, 0.6) is 0 Å². The molecule has 0 radical (unpaired) electrons. The smallest absolute Gasteiger partial charge is 0.249 e. The molecule has 134 valence electrons. The number of hydrogen-bond donors (Lipinski definition) is 1. The molecule has 24 heavy (non-hydrogen) atoms. The van der Waals surface area contributed by atoms with Crippen molar-refractivity contribution < 1.29 is 13.6 Å².